The summed E-state index contributed by atoms with van der Waals surface area (Å²) in [5, 5.41) is 0.798. The quantitative estimate of drug-likeness (QED) is 0.493. The van der Waals surface area contributed by atoms with Crippen LogP contribution in [0.5, 0.6) is 0 Å². The van der Waals surface area contributed by atoms with Crippen LogP contribution in [-0.4, -0.2) is 43.3 Å². The molecule has 0 fully saturated rings. The van der Waals surface area contributed by atoms with Gasteiger partial charge in [0.2, 0.25) is 0 Å². The second kappa shape index (κ2) is 9.19. The van der Waals surface area contributed by atoms with Gasteiger partial charge in [-0.15, -0.1) is 0 Å². The molecule has 0 saturated heterocycles. The van der Waals surface area contributed by atoms with Gasteiger partial charge in [-0.2, -0.15) is 4.65 Å². The number of quaternary nitrogens is 1. The minimum absolute atomic E-state index is 0.465. The van der Waals surface area contributed by atoms with Gasteiger partial charge in [-0.3, -0.25) is 4.90 Å². The number of halogens is 1. The first kappa shape index (κ1) is 18.9. The maximum Gasteiger partial charge on any atom is 0.135 e. The Bertz CT molecular complexity index is 616. The SMILES string of the molecule is CCN(CCO[N+](C)(C)Cc1ccccc1Cl)Cc1ccccc1. The lowest BCUT2D eigenvalue weighted by Gasteiger charge is -2.29. The van der Waals surface area contributed by atoms with Gasteiger partial charge in [-0.1, -0.05) is 67.1 Å². The first-order valence-corrected chi connectivity index (χ1v) is 8.85. The van der Waals surface area contributed by atoms with Crippen LogP contribution in [0.1, 0.15) is 18.1 Å². The third-order valence-electron chi connectivity index (χ3n) is 4.05. The Morgan fingerprint density at radius 1 is 1.00 bits per heavy atom. The molecule has 0 bridgehead atoms. The predicted molar refractivity (Wildman–Crippen MR) is 101 cm³/mol. The summed E-state index contributed by atoms with van der Waals surface area (Å²) in [4.78, 5) is 8.49. The van der Waals surface area contributed by atoms with Crippen LogP contribution in [0.4, 0.5) is 0 Å². The van der Waals surface area contributed by atoms with Crippen LogP contribution in [0, 0.1) is 0 Å². The average molecular weight is 348 g/mol. The van der Waals surface area contributed by atoms with Crippen molar-refractivity contribution in [2.24, 2.45) is 0 Å². The third kappa shape index (κ3) is 6.25. The number of hydroxylamine groups is 3. The molecule has 0 heterocycles. The highest BCUT2D eigenvalue weighted by molar-refractivity contribution is 6.31. The molecule has 130 valence electrons. The highest BCUT2D eigenvalue weighted by atomic mass is 35.5. The van der Waals surface area contributed by atoms with Crippen LogP contribution in [0.3, 0.4) is 0 Å². The van der Waals surface area contributed by atoms with Gasteiger partial charge in [0, 0.05) is 23.7 Å². The number of likely N-dealkylation sites (N-methyl/N-ethyl adjacent to an activating group) is 1. The van der Waals surface area contributed by atoms with E-state index < -0.39 is 0 Å². The van der Waals surface area contributed by atoms with Crippen molar-refractivity contribution >= 4 is 11.6 Å². The maximum atomic E-state index is 6.25. The molecular weight excluding hydrogens is 320 g/mol. The molecule has 3 nitrogen and oxygen atoms in total. The molecule has 2 aromatic carbocycles. The second-order valence-corrected chi connectivity index (χ2v) is 6.92. The van der Waals surface area contributed by atoms with E-state index in [0.717, 1.165) is 36.8 Å². The molecule has 0 N–H and O–H groups in total. The fraction of sp³-hybridized carbons (Fsp3) is 0.400. The lowest BCUT2D eigenvalue weighted by atomic mass is 10.2. The van der Waals surface area contributed by atoms with E-state index in [4.69, 9.17) is 16.4 Å². The molecule has 0 aromatic heterocycles. The van der Waals surface area contributed by atoms with E-state index in [1.807, 2.05) is 18.2 Å². The summed E-state index contributed by atoms with van der Waals surface area (Å²) in [6.45, 7) is 6.51. The summed E-state index contributed by atoms with van der Waals surface area (Å²) < 4.78 is 0.465. The highest BCUT2D eigenvalue weighted by Gasteiger charge is 2.19. The van der Waals surface area contributed by atoms with Crippen LogP contribution in [0.15, 0.2) is 54.6 Å². The van der Waals surface area contributed by atoms with Gasteiger partial charge in [0.15, 0.2) is 0 Å². The monoisotopic (exact) mass is 347 g/mol. The summed E-state index contributed by atoms with van der Waals surface area (Å²) in [7, 11) is 4.13. The van der Waals surface area contributed by atoms with E-state index in [1.165, 1.54) is 5.56 Å². The Labute approximate surface area is 151 Å². The van der Waals surface area contributed by atoms with Crippen molar-refractivity contribution in [2.75, 3.05) is 33.8 Å². The van der Waals surface area contributed by atoms with Crippen molar-refractivity contribution < 1.29 is 9.48 Å². The summed E-state index contributed by atoms with van der Waals surface area (Å²) in [6, 6.07) is 18.5. The summed E-state index contributed by atoms with van der Waals surface area (Å²) in [6.07, 6.45) is 0. The molecule has 0 aliphatic heterocycles. The van der Waals surface area contributed by atoms with Gasteiger partial charge in [0.1, 0.15) is 13.2 Å². The topological polar surface area (TPSA) is 12.5 Å². The van der Waals surface area contributed by atoms with E-state index in [2.05, 4.69) is 62.3 Å². The van der Waals surface area contributed by atoms with Crippen LogP contribution in [0.2, 0.25) is 5.02 Å². The molecular formula is C20H28ClN2O+. The van der Waals surface area contributed by atoms with Crippen molar-refractivity contribution in [3.63, 3.8) is 0 Å². The van der Waals surface area contributed by atoms with E-state index in [0.29, 0.717) is 11.3 Å². The summed E-state index contributed by atoms with van der Waals surface area (Å²) in [5.41, 5.74) is 2.45. The molecule has 2 rings (SSSR count). The number of hydrogen-bond acceptors (Lipinski definition) is 2. The molecule has 0 unspecified atom stereocenters. The van der Waals surface area contributed by atoms with Gasteiger partial charge in [0.05, 0.1) is 14.1 Å². The average Bonchev–Trinajstić information content (AvgIpc) is 2.56. The van der Waals surface area contributed by atoms with E-state index in [-0.39, 0.29) is 0 Å². The van der Waals surface area contributed by atoms with Gasteiger partial charge >= 0.3 is 0 Å². The third-order valence-corrected chi connectivity index (χ3v) is 4.42. The fourth-order valence-electron chi connectivity index (χ4n) is 2.69. The molecule has 0 atom stereocenters. The van der Waals surface area contributed by atoms with Crippen molar-refractivity contribution in [2.45, 2.75) is 20.0 Å². The molecule has 4 heteroatoms. The zero-order chi connectivity index (χ0) is 17.4. The van der Waals surface area contributed by atoms with Crippen molar-refractivity contribution in [1.82, 2.24) is 4.90 Å². The van der Waals surface area contributed by atoms with Gasteiger partial charge < -0.3 is 0 Å². The van der Waals surface area contributed by atoms with Crippen LogP contribution in [0.25, 0.3) is 0 Å². The molecule has 0 radical (unpaired) electrons. The van der Waals surface area contributed by atoms with Gasteiger partial charge in [0.25, 0.3) is 0 Å². The Hall–Kier alpha value is -1.39. The predicted octanol–water partition coefficient (Wildman–Crippen LogP) is 4.37. The zero-order valence-corrected chi connectivity index (χ0v) is 15.7. The van der Waals surface area contributed by atoms with Crippen LogP contribution in [-0.2, 0) is 17.9 Å². The number of hydrogen-bond donors (Lipinski definition) is 0. The van der Waals surface area contributed by atoms with Crippen LogP contribution >= 0.6 is 11.6 Å². The molecule has 2 aromatic rings. The van der Waals surface area contributed by atoms with Crippen LogP contribution < -0.4 is 0 Å². The number of benzene rings is 2. The van der Waals surface area contributed by atoms with E-state index in [9.17, 15) is 0 Å². The van der Waals surface area contributed by atoms with Crippen molar-refractivity contribution in [3.8, 4) is 0 Å². The molecule has 0 saturated carbocycles. The Morgan fingerprint density at radius 2 is 1.67 bits per heavy atom. The molecule has 0 aliphatic rings. The normalized spacial score (nSPS) is 11.9. The lowest BCUT2D eigenvalue weighted by Crippen LogP contribution is -2.41. The first-order chi connectivity index (χ1) is 11.5. The lowest BCUT2D eigenvalue weighted by molar-refractivity contribution is -1.09. The molecule has 0 spiro atoms. The van der Waals surface area contributed by atoms with E-state index >= 15 is 0 Å². The van der Waals surface area contributed by atoms with Gasteiger partial charge in [-0.05, 0) is 18.2 Å². The minimum atomic E-state index is 0.465. The standard InChI is InChI=1S/C20H28ClN2O/c1-4-22(16-18-10-6-5-7-11-18)14-15-24-23(2,3)17-19-12-8-9-13-20(19)21/h5-13H,4,14-17H2,1-3H3/q+1. The highest BCUT2D eigenvalue weighted by Crippen LogP contribution is 2.19. The number of rotatable bonds is 9. The van der Waals surface area contributed by atoms with E-state index in [1.54, 1.807) is 0 Å². The smallest absolute Gasteiger partial charge is 0.135 e. The maximum absolute atomic E-state index is 6.25. The first-order valence-electron chi connectivity index (χ1n) is 8.47. The molecule has 0 amide bonds. The Balaban J connectivity index is 1.81. The second-order valence-electron chi connectivity index (χ2n) is 6.51. The van der Waals surface area contributed by atoms with Gasteiger partial charge in [-0.25, -0.2) is 4.84 Å². The Morgan fingerprint density at radius 3 is 2.33 bits per heavy atom. The summed E-state index contributed by atoms with van der Waals surface area (Å²) in [5.74, 6) is 0. The van der Waals surface area contributed by atoms with Crippen molar-refractivity contribution in [3.05, 3.63) is 70.7 Å². The largest absolute Gasteiger partial charge is 0.297 e. The fourth-order valence-corrected chi connectivity index (χ4v) is 2.89. The Kier molecular flexibility index (Phi) is 7.25. The number of nitrogens with zero attached hydrogens (tertiary/aromatic N) is 2. The minimum Gasteiger partial charge on any atom is -0.297 e. The van der Waals surface area contributed by atoms with Crippen molar-refractivity contribution in [1.29, 1.82) is 0 Å². The molecule has 0 aliphatic carbocycles. The summed E-state index contributed by atoms with van der Waals surface area (Å²) >= 11 is 6.25. The zero-order valence-electron chi connectivity index (χ0n) is 14.9. The molecule has 24 heavy (non-hydrogen) atoms.